The Morgan fingerprint density at radius 2 is 1.89 bits per heavy atom. The molecule has 2 N–H and O–H groups in total. The quantitative estimate of drug-likeness (QED) is 0.801. The predicted molar refractivity (Wildman–Crippen MR) is 79.3 cm³/mol. The van der Waals surface area contributed by atoms with Crippen molar-refractivity contribution in [2.75, 3.05) is 5.73 Å². The molecule has 0 atom stereocenters. The second-order valence-corrected chi connectivity index (χ2v) is 5.34. The van der Waals surface area contributed by atoms with E-state index < -0.39 is 0 Å². The number of anilines is 1. The molecule has 2 nitrogen and oxygen atoms in total. The van der Waals surface area contributed by atoms with Gasteiger partial charge >= 0.3 is 0 Å². The van der Waals surface area contributed by atoms with Crippen LogP contribution in [0.5, 0.6) is 5.75 Å². The molecule has 2 aromatic carbocycles. The molecule has 5 heteroatoms. The van der Waals surface area contributed by atoms with Crippen LogP contribution in [0.2, 0.25) is 10.0 Å². The topological polar surface area (TPSA) is 35.2 Å². The average Bonchev–Trinajstić information content (AvgIpc) is 2.33. The number of ether oxygens (including phenoxy) is 1. The third kappa shape index (κ3) is 3.10. The van der Waals surface area contributed by atoms with Crippen molar-refractivity contribution >= 4 is 44.8 Å². The zero-order valence-electron chi connectivity index (χ0n) is 9.29. The van der Waals surface area contributed by atoms with E-state index in [1.54, 1.807) is 18.2 Å². The Labute approximate surface area is 124 Å². The number of halogens is 3. The second-order valence-electron chi connectivity index (χ2n) is 3.67. The number of nitrogens with two attached hydrogens (primary N) is 1. The van der Waals surface area contributed by atoms with Crippen molar-refractivity contribution < 1.29 is 4.74 Å². The van der Waals surface area contributed by atoms with Gasteiger partial charge in [-0.25, -0.2) is 0 Å². The largest absolute Gasteiger partial charge is 0.489 e. The van der Waals surface area contributed by atoms with Crippen molar-refractivity contribution in [2.45, 2.75) is 6.61 Å². The van der Waals surface area contributed by atoms with Gasteiger partial charge in [0.15, 0.2) is 0 Å². The number of benzene rings is 2. The summed E-state index contributed by atoms with van der Waals surface area (Å²) < 4.78 is 6.56. The molecule has 0 bridgehead atoms. The van der Waals surface area contributed by atoms with E-state index in [9.17, 15) is 0 Å². The highest BCUT2D eigenvalue weighted by atomic mass is 79.9. The Hall–Kier alpha value is -0.900. The van der Waals surface area contributed by atoms with Gasteiger partial charge in [-0.1, -0.05) is 45.2 Å². The molecule has 0 spiro atoms. The lowest BCUT2D eigenvalue weighted by Gasteiger charge is -2.10. The van der Waals surface area contributed by atoms with Gasteiger partial charge < -0.3 is 10.5 Å². The first-order chi connectivity index (χ1) is 8.58. The van der Waals surface area contributed by atoms with E-state index in [2.05, 4.69) is 15.9 Å². The molecule has 0 aliphatic carbocycles. The van der Waals surface area contributed by atoms with Gasteiger partial charge in [0.2, 0.25) is 0 Å². The first-order valence-electron chi connectivity index (χ1n) is 5.18. The minimum atomic E-state index is 0.366. The average molecular weight is 347 g/mol. The number of hydrogen-bond donors (Lipinski definition) is 1. The van der Waals surface area contributed by atoms with Crippen molar-refractivity contribution in [1.29, 1.82) is 0 Å². The molecule has 0 unspecified atom stereocenters. The zero-order chi connectivity index (χ0) is 13.1. The second kappa shape index (κ2) is 5.83. The van der Waals surface area contributed by atoms with Crippen molar-refractivity contribution in [3.8, 4) is 5.75 Å². The van der Waals surface area contributed by atoms with Crippen LogP contribution in [0.1, 0.15) is 5.56 Å². The van der Waals surface area contributed by atoms with Crippen LogP contribution in [-0.2, 0) is 6.61 Å². The molecular weight excluding hydrogens is 337 g/mol. The van der Waals surface area contributed by atoms with E-state index in [1.165, 1.54) is 0 Å². The fourth-order valence-corrected chi connectivity index (χ4v) is 2.23. The molecule has 0 saturated carbocycles. The molecule has 2 rings (SSSR count). The number of nitrogen functional groups attached to an aromatic ring is 1. The van der Waals surface area contributed by atoms with Crippen LogP contribution in [0.25, 0.3) is 0 Å². The molecule has 0 aromatic heterocycles. The van der Waals surface area contributed by atoms with Crippen LogP contribution in [0, 0.1) is 0 Å². The smallest absolute Gasteiger partial charge is 0.121 e. The molecule has 94 valence electrons. The van der Waals surface area contributed by atoms with Crippen molar-refractivity contribution in [1.82, 2.24) is 0 Å². The van der Waals surface area contributed by atoms with Crippen molar-refractivity contribution in [3.63, 3.8) is 0 Å². The Balaban J connectivity index is 2.14. The molecule has 0 aliphatic heterocycles. The predicted octanol–water partition coefficient (Wildman–Crippen LogP) is 4.92. The molecular formula is C13H10BrCl2NO. The van der Waals surface area contributed by atoms with Crippen LogP contribution in [-0.4, -0.2) is 0 Å². The number of hydrogen-bond acceptors (Lipinski definition) is 2. The maximum absolute atomic E-state index is 5.91. The molecule has 0 fully saturated rings. The lowest BCUT2D eigenvalue weighted by atomic mass is 10.2. The SMILES string of the molecule is Nc1cccc(Br)c1COc1ccc(Cl)c(Cl)c1. The summed E-state index contributed by atoms with van der Waals surface area (Å²) >= 11 is 15.2. The highest BCUT2D eigenvalue weighted by molar-refractivity contribution is 9.10. The standard InChI is InChI=1S/C13H10BrCl2NO/c14-10-2-1-3-13(17)9(10)7-18-8-4-5-11(15)12(16)6-8/h1-6H,7,17H2. The van der Waals surface area contributed by atoms with E-state index in [1.807, 2.05) is 18.2 Å². The summed E-state index contributed by atoms with van der Waals surface area (Å²) in [5.41, 5.74) is 7.47. The highest BCUT2D eigenvalue weighted by Gasteiger charge is 2.06. The fraction of sp³-hybridized carbons (Fsp3) is 0.0769. The van der Waals surface area contributed by atoms with E-state index in [-0.39, 0.29) is 0 Å². The van der Waals surface area contributed by atoms with Gasteiger partial charge in [0, 0.05) is 21.8 Å². The van der Waals surface area contributed by atoms with Crippen molar-refractivity contribution in [3.05, 3.63) is 56.5 Å². The summed E-state index contributed by atoms with van der Waals surface area (Å²) in [6, 6.07) is 10.8. The van der Waals surface area contributed by atoms with Gasteiger partial charge in [-0.2, -0.15) is 0 Å². The molecule has 0 radical (unpaired) electrons. The van der Waals surface area contributed by atoms with Gasteiger partial charge in [-0.3, -0.25) is 0 Å². The maximum atomic E-state index is 5.91. The van der Waals surface area contributed by atoms with Crippen LogP contribution in [0.4, 0.5) is 5.69 Å². The summed E-state index contributed by atoms with van der Waals surface area (Å²) in [6.07, 6.45) is 0. The summed E-state index contributed by atoms with van der Waals surface area (Å²) in [6.45, 7) is 0.366. The molecule has 0 amide bonds. The summed E-state index contributed by atoms with van der Waals surface area (Å²) in [5, 5.41) is 0.971. The highest BCUT2D eigenvalue weighted by Crippen LogP contribution is 2.28. The van der Waals surface area contributed by atoms with Crippen LogP contribution < -0.4 is 10.5 Å². The van der Waals surface area contributed by atoms with Gasteiger partial charge in [0.05, 0.1) is 10.0 Å². The normalized spacial score (nSPS) is 10.4. The minimum absolute atomic E-state index is 0.366. The Kier molecular flexibility index (Phi) is 4.38. The van der Waals surface area contributed by atoms with Gasteiger partial charge in [-0.05, 0) is 24.3 Å². The lowest BCUT2D eigenvalue weighted by Crippen LogP contribution is -2.01. The van der Waals surface area contributed by atoms with Gasteiger partial charge in [-0.15, -0.1) is 0 Å². The number of rotatable bonds is 3. The molecule has 18 heavy (non-hydrogen) atoms. The molecule has 0 aliphatic rings. The van der Waals surface area contributed by atoms with E-state index in [0.29, 0.717) is 28.1 Å². The monoisotopic (exact) mass is 345 g/mol. The molecule has 0 heterocycles. The third-order valence-corrected chi connectivity index (χ3v) is 3.91. The molecule has 0 saturated heterocycles. The summed E-state index contributed by atoms with van der Waals surface area (Å²) in [4.78, 5) is 0. The first-order valence-corrected chi connectivity index (χ1v) is 6.73. The Bertz CT molecular complexity index is 555. The fourth-order valence-electron chi connectivity index (χ4n) is 1.45. The van der Waals surface area contributed by atoms with Crippen LogP contribution in [0.3, 0.4) is 0 Å². The lowest BCUT2D eigenvalue weighted by molar-refractivity contribution is 0.306. The van der Waals surface area contributed by atoms with E-state index in [4.69, 9.17) is 33.7 Å². The maximum Gasteiger partial charge on any atom is 0.121 e. The minimum Gasteiger partial charge on any atom is -0.489 e. The Morgan fingerprint density at radius 3 is 2.56 bits per heavy atom. The molecule has 2 aromatic rings. The summed E-state index contributed by atoms with van der Waals surface area (Å²) in [7, 11) is 0. The Morgan fingerprint density at radius 1 is 1.11 bits per heavy atom. The first kappa shape index (κ1) is 13.5. The van der Waals surface area contributed by atoms with Crippen molar-refractivity contribution in [2.24, 2.45) is 0 Å². The van der Waals surface area contributed by atoms with Crippen LogP contribution in [0.15, 0.2) is 40.9 Å². The third-order valence-electron chi connectivity index (χ3n) is 2.43. The van der Waals surface area contributed by atoms with Gasteiger partial charge in [0.1, 0.15) is 12.4 Å². The van der Waals surface area contributed by atoms with E-state index >= 15 is 0 Å². The summed E-state index contributed by atoms with van der Waals surface area (Å²) in [5.74, 6) is 0.652. The zero-order valence-corrected chi connectivity index (χ0v) is 12.4. The van der Waals surface area contributed by atoms with Crippen LogP contribution >= 0.6 is 39.1 Å². The van der Waals surface area contributed by atoms with E-state index in [0.717, 1.165) is 10.0 Å². The van der Waals surface area contributed by atoms with Gasteiger partial charge in [0.25, 0.3) is 0 Å².